The first-order valence-corrected chi connectivity index (χ1v) is 7.08. The Kier molecular flexibility index (Phi) is 3.72. The van der Waals surface area contributed by atoms with Crippen molar-refractivity contribution in [3.63, 3.8) is 0 Å². The monoisotopic (exact) mass is 297 g/mol. The number of rotatable bonds is 5. The number of esters is 1. The van der Waals surface area contributed by atoms with Gasteiger partial charge in [0.1, 0.15) is 6.04 Å². The number of ether oxygens (including phenoxy) is 3. The van der Waals surface area contributed by atoms with Crippen LogP contribution in [-0.4, -0.2) is 25.4 Å². The molecule has 108 valence electrons. The van der Waals surface area contributed by atoms with Crippen LogP contribution in [0.5, 0.6) is 11.5 Å². The van der Waals surface area contributed by atoms with Crippen LogP contribution in [0.4, 0.5) is 0 Å². The lowest BCUT2D eigenvalue weighted by molar-refractivity contribution is -0.145. The second-order valence-corrected chi connectivity index (χ2v) is 5.27. The van der Waals surface area contributed by atoms with Gasteiger partial charge in [-0.05, 0) is 37.5 Å². The van der Waals surface area contributed by atoms with Crippen LogP contribution in [0.15, 0.2) is 12.1 Å². The fourth-order valence-corrected chi connectivity index (χ4v) is 2.44. The quantitative estimate of drug-likeness (QED) is 0.846. The van der Waals surface area contributed by atoms with Crippen LogP contribution >= 0.6 is 11.6 Å². The summed E-state index contributed by atoms with van der Waals surface area (Å²) < 4.78 is 15.7. The standard InChI is InChI=1S/C14H16ClNO4/c1-2-18-14(17)12(16-9-3-4-9)8-5-10(15)13-11(6-8)19-7-20-13/h5-6,9,12,16H,2-4,7H2,1H3. The number of halogens is 1. The zero-order chi connectivity index (χ0) is 14.1. The molecule has 1 heterocycles. The molecule has 1 aliphatic heterocycles. The fraction of sp³-hybridized carbons (Fsp3) is 0.500. The minimum absolute atomic E-state index is 0.151. The van der Waals surface area contributed by atoms with Crippen molar-refractivity contribution >= 4 is 17.6 Å². The van der Waals surface area contributed by atoms with Crippen LogP contribution in [0, 0.1) is 0 Å². The van der Waals surface area contributed by atoms with E-state index in [4.69, 9.17) is 25.8 Å². The molecule has 1 unspecified atom stereocenters. The highest BCUT2D eigenvalue weighted by Gasteiger charge is 2.32. The van der Waals surface area contributed by atoms with Gasteiger partial charge in [0.15, 0.2) is 11.5 Å². The Morgan fingerprint density at radius 2 is 2.30 bits per heavy atom. The largest absolute Gasteiger partial charge is 0.465 e. The molecule has 20 heavy (non-hydrogen) atoms. The van der Waals surface area contributed by atoms with Crippen LogP contribution < -0.4 is 14.8 Å². The van der Waals surface area contributed by atoms with Gasteiger partial charge in [-0.15, -0.1) is 0 Å². The average molecular weight is 298 g/mol. The van der Waals surface area contributed by atoms with E-state index in [9.17, 15) is 4.79 Å². The molecule has 1 saturated carbocycles. The van der Waals surface area contributed by atoms with E-state index in [1.165, 1.54) is 0 Å². The Morgan fingerprint density at radius 1 is 1.50 bits per heavy atom. The molecule has 0 radical (unpaired) electrons. The highest BCUT2D eigenvalue weighted by Crippen LogP contribution is 2.41. The molecule has 1 fully saturated rings. The third-order valence-electron chi connectivity index (χ3n) is 3.28. The van der Waals surface area contributed by atoms with Gasteiger partial charge in [-0.25, -0.2) is 4.79 Å². The highest BCUT2D eigenvalue weighted by atomic mass is 35.5. The first kappa shape index (κ1) is 13.5. The molecule has 5 nitrogen and oxygen atoms in total. The molecule has 0 bridgehead atoms. The van der Waals surface area contributed by atoms with Crippen LogP contribution in [0.3, 0.4) is 0 Å². The lowest BCUT2D eigenvalue weighted by atomic mass is 10.1. The van der Waals surface area contributed by atoms with Gasteiger partial charge >= 0.3 is 5.97 Å². The van der Waals surface area contributed by atoms with E-state index in [1.54, 1.807) is 19.1 Å². The molecule has 1 aromatic carbocycles. The van der Waals surface area contributed by atoms with Gasteiger partial charge < -0.3 is 14.2 Å². The van der Waals surface area contributed by atoms with Crippen molar-refractivity contribution in [2.75, 3.05) is 13.4 Å². The van der Waals surface area contributed by atoms with Gasteiger partial charge in [-0.3, -0.25) is 5.32 Å². The molecule has 0 amide bonds. The molecule has 6 heteroatoms. The second kappa shape index (κ2) is 5.50. The van der Waals surface area contributed by atoms with Gasteiger partial charge in [0.2, 0.25) is 6.79 Å². The zero-order valence-electron chi connectivity index (χ0n) is 11.1. The maximum absolute atomic E-state index is 12.1. The third-order valence-corrected chi connectivity index (χ3v) is 3.57. The van der Waals surface area contributed by atoms with Crippen molar-refractivity contribution in [3.8, 4) is 11.5 Å². The zero-order valence-corrected chi connectivity index (χ0v) is 11.9. The summed E-state index contributed by atoms with van der Waals surface area (Å²) in [7, 11) is 0. The van der Waals surface area contributed by atoms with Crippen LogP contribution in [0.25, 0.3) is 0 Å². The lowest BCUT2D eigenvalue weighted by Crippen LogP contribution is -2.31. The first-order valence-electron chi connectivity index (χ1n) is 6.70. The molecule has 1 N–H and O–H groups in total. The van der Waals surface area contributed by atoms with E-state index in [-0.39, 0.29) is 12.8 Å². The van der Waals surface area contributed by atoms with Gasteiger partial charge in [0, 0.05) is 6.04 Å². The summed E-state index contributed by atoms with van der Waals surface area (Å²) in [6.07, 6.45) is 2.16. The molecule has 0 aromatic heterocycles. The Bertz CT molecular complexity index is 530. The van der Waals surface area contributed by atoms with Gasteiger partial charge in [-0.2, -0.15) is 0 Å². The molecule has 2 aliphatic rings. The van der Waals surface area contributed by atoms with E-state index in [1.807, 2.05) is 0 Å². The third kappa shape index (κ3) is 2.69. The molecule has 0 saturated heterocycles. The Balaban J connectivity index is 1.89. The molecule has 1 aliphatic carbocycles. The maximum atomic E-state index is 12.1. The van der Waals surface area contributed by atoms with Crippen LogP contribution in [0.1, 0.15) is 31.4 Å². The molecule has 0 spiro atoms. The van der Waals surface area contributed by atoms with Crippen molar-refractivity contribution in [1.82, 2.24) is 5.32 Å². The summed E-state index contributed by atoms with van der Waals surface area (Å²) in [5.41, 5.74) is 0.740. The van der Waals surface area contributed by atoms with Crippen molar-refractivity contribution in [2.45, 2.75) is 31.8 Å². The summed E-state index contributed by atoms with van der Waals surface area (Å²) in [6.45, 7) is 2.29. The maximum Gasteiger partial charge on any atom is 0.327 e. The summed E-state index contributed by atoms with van der Waals surface area (Å²) in [6, 6.07) is 3.36. The molecular formula is C14H16ClNO4. The number of fused-ring (bicyclic) bond motifs is 1. The van der Waals surface area contributed by atoms with E-state index >= 15 is 0 Å². The highest BCUT2D eigenvalue weighted by molar-refractivity contribution is 6.32. The number of benzene rings is 1. The van der Waals surface area contributed by atoms with Crippen LogP contribution in [0.2, 0.25) is 5.02 Å². The van der Waals surface area contributed by atoms with E-state index in [2.05, 4.69) is 5.32 Å². The minimum atomic E-state index is -0.519. The average Bonchev–Trinajstić information content (AvgIpc) is 3.11. The van der Waals surface area contributed by atoms with Gasteiger partial charge in [0.25, 0.3) is 0 Å². The first-order chi connectivity index (χ1) is 9.69. The molecular weight excluding hydrogens is 282 g/mol. The summed E-state index contributed by atoms with van der Waals surface area (Å²) >= 11 is 6.17. The SMILES string of the molecule is CCOC(=O)C(NC1CC1)c1cc(Cl)c2c(c1)OCO2. The number of hydrogen-bond acceptors (Lipinski definition) is 5. The predicted octanol–water partition coefficient (Wildman–Crippen LogP) is 2.42. The van der Waals surface area contributed by atoms with Crippen molar-refractivity contribution in [1.29, 1.82) is 0 Å². The molecule has 1 atom stereocenters. The normalized spacial score (nSPS) is 17.9. The number of nitrogens with one attached hydrogen (secondary N) is 1. The van der Waals surface area contributed by atoms with Crippen LogP contribution in [-0.2, 0) is 9.53 Å². The topological polar surface area (TPSA) is 56.8 Å². The van der Waals surface area contributed by atoms with Gasteiger partial charge in [0.05, 0.1) is 11.6 Å². The second-order valence-electron chi connectivity index (χ2n) is 4.86. The smallest absolute Gasteiger partial charge is 0.327 e. The fourth-order valence-electron chi connectivity index (χ4n) is 2.17. The predicted molar refractivity (Wildman–Crippen MR) is 73.1 cm³/mol. The van der Waals surface area contributed by atoms with E-state index in [0.29, 0.717) is 29.2 Å². The van der Waals surface area contributed by atoms with Crippen molar-refractivity contribution < 1.29 is 19.0 Å². The summed E-state index contributed by atoms with van der Waals surface area (Å²) in [5.74, 6) is 0.804. The molecule has 3 rings (SSSR count). The van der Waals surface area contributed by atoms with E-state index in [0.717, 1.165) is 18.4 Å². The Morgan fingerprint density at radius 3 is 3.00 bits per heavy atom. The minimum Gasteiger partial charge on any atom is -0.465 e. The van der Waals surface area contributed by atoms with E-state index < -0.39 is 6.04 Å². The Labute approximate surface area is 122 Å². The van der Waals surface area contributed by atoms with Crippen molar-refractivity contribution in [3.05, 3.63) is 22.7 Å². The molecule has 1 aromatic rings. The summed E-state index contributed by atoms with van der Waals surface area (Å²) in [5, 5.41) is 3.73. The Hall–Kier alpha value is -1.46. The van der Waals surface area contributed by atoms with Gasteiger partial charge in [-0.1, -0.05) is 11.6 Å². The number of carbonyl (C=O) groups is 1. The van der Waals surface area contributed by atoms with Crippen molar-refractivity contribution in [2.24, 2.45) is 0 Å². The lowest BCUT2D eigenvalue weighted by Gasteiger charge is -2.18. The number of hydrogen-bond donors (Lipinski definition) is 1. The summed E-state index contributed by atoms with van der Waals surface area (Å²) in [4.78, 5) is 12.1. The number of carbonyl (C=O) groups excluding carboxylic acids is 1.